The van der Waals surface area contributed by atoms with Gasteiger partial charge in [-0.3, -0.25) is 14.7 Å². The second kappa shape index (κ2) is 12.7. The van der Waals surface area contributed by atoms with Crippen molar-refractivity contribution in [2.24, 2.45) is 0 Å². The Morgan fingerprint density at radius 2 is 1.95 bits per heavy atom. The Kier molecular flexibility index (Phi) is 9.83. The predicted octanol–water partition coefficient (Wildman–Crippen LogP) is 4.24. The van der Waals surface area contributed by atoms with E-state index in [0.717, 1.165) is 23.0 Å². The van der Waals surface area contributed by atoms with E-state index in [2.05, 4.69) is 9.88 Å². The fraction of sp³-hybridized carbons (Fsp3) is 0.538. The largest absolute Gasteiger partial charge is 0.370 e. The highest BCUT2D eigenvalue weighted by Crippen LogP contribution is 2.38. The molecule has 2 saturated heterocycles. The summed E-state index contributed by atoms with van der Waals surface area (Å²) in [6, 6.07) is 7.38. The predicted molar refractivity (Wildman–Crippen MR) is 145 cm³/mol. The number of ether oxygens (including phenoxy) is 1. The third kappa shape index (κ3) is 7.65. The molecule has 214 valence electrons. The van der Waals surface area contributed by atoms with Crippen LogP contribution in [0.4, 0.5) is 8.78 Å². The fourth-order valence-corrected chi connectivity index (χ4v) is 7.82. The van der Waals surface area contributed by atoms with Gasteiger partial charge in [0.25, 0.3) is 5.92 Å². The first-order valence-corrected chi connectivity index (χ1v) is 15.0. The number of hydrogen-bond donors (Lipinski definition) is 0. The molecule has 1 atom stereocenters. The molecule has 0 N–H and O–H groups in total. The summed E-state index contributed by atoms with van der Waals surface area (Å²) in [6.45, 7) is 3.73. The van der Waals surface area contributed by atoms with Crippen LogP contribution in [0.25, 0.3) is 0 Å². The van der Waals surface area contributed by atoms with Crippen LogP contribution >= 0.6 is 23.2 Å². The van der Waals surface area contributed by atoms with Crippen molar-refractivity contribution in [2.45, 2.75) is 49.6 Å². The van der Waals surface area contributed by atoms with Gasteiger partial charge in [0.15, 0.2) is 0 Å². The molecule has 2 aliphatic rings. The number of amides is 1. The van der Waals surface area contributed by atoms with E-state index in [0.29, 0.717) is 31.7 Å². The lowest BCUT2D eigenvalue weighted by atomic mass is 10.0. The number of sulfonamides is 1. The standard InChI is InChI=1S/C26H32Cl2F2N4O4S/c1-19-13-20(27)14-23(28)25(19)39(36,37)34-10-6-26(29,30)15-22(34)17-38-18-24(35)33-9-4-8-32(11-12-33)16-21-5-2-3-7-31-21/h2-3,5,7,13-14,22H,4,6,8-12,15-18H2,1H3/t22-/m0/s1. The lowest BCUT2D eigenvalue weighted by Gasteiger charge is -2.38. The van der Waals surface area contributed by atoms with Gasteiger partial charge in [-0.15, -0.1) is 0 Å². The topological polar surface area (TPSA) is 83.0 Å². The highest BCUT2D eigenvalue weighted by atomic mass is 35.5. The van der Waals surface area contributed by atoms with Gasteiger partial charge in [-0.05, 0) is 43.2 Å². The highest BCUT2D eigenvalue weighted by molar-refractivity contribution is 7.89. The molecule has 1 aromatic carbocycles. The number of carbonyl (C=O) groups excluding carboxylic acids is 1. The SMILES string of the molecule is Cc1cc(Cl)cc(Cl)c1S(=O)(=O)N1CCC(F)(F)C[C@H]1COCC(=O)N1CCCN(Cc2ccccn2)CC1. The van der Waals surface area contributed by atoms with Crippen LogP contribution < -0.4 is 0 Å². The van der Waals surface area contributed by atoms with Crippen LogP contribution in [0.3, 0.4) is 0 Å². The van der Waals surface area contributed by atoms with Crippen molar-refractivity contribution >= 4 is 39.1 Å². The zero-order chi connectivity index (χ0) is 28.2. The van der Waals surface area contributed by atoms with Gasteiger partial charge in [-0.2, -0.15) is 4.31 Å². The Bertz CT molecular complexity index is 1250. The summed E-state index contributed by atoms with van der Waals surface area (Å²) in [4.78, 5) is 21.0. The van der Waals surface area contributed by atoms with E-state index in [1.165, 1.54) is 12.1 Å². The zero-order valence-electron chi connectivity index (χ0n) is 21.7. The molecule has 0 aliphatic carbocycles. The molecule has 4 rings (SSSR count). The van der Waals surface area contributed by atoms with Crippen LogP contribution in [-0.2, 0) is 26.1 Å². The summed E-state index contributed by atoms with van der Waals surface area (Å²) in [6.07, 6.45) is 1.20. The van der Waals surface area contributed by atoms with Crippen LogP contribution in [0.2, 0.25) is 10.0 Å². The first-order chi connectivity index (χ1) is 18.5. The molecule has 0 bridgehead atoms. The van der Waals surface area contributed by atoms with Crippen LogP contribution in [-0.4, -0.2) is 91.3 Å². The molecular formula is C26H32Cl2F2N4O4S. The van der Waals surface area contributed by atoms with Crippen molar-refractivity contribution in [3.63, 3.8) is 0 Å². The van der Waals surface area contributed by atoms with E-state index in [-0.39, 0.29) is 34.1 Å². The lowest BCUT2D eigenvalue weighted by molar-refractivity contribution is -0.137. The summed E-state index contributed by atoms with van der Waals surface area (Å²) >= 11 is 12.2. The van der Waals surface area contributed by atoms with Crippen molar-refractivity contribution in [2.75, 3.05) is 45.9 Å². The van der Waals surface area contributed by atoms with E-state index >= 15 is 0 Å². The second-order valence-corrected chi connectivity index (χ2v) is 12.6. The average Bonchev–Trinajstić information content (AvgIpc) is 3.09. The molecule has 2 aromatic rings. The first kappa shape index (κ1) is 30.1. The number of piperidine rings is 1. The zero-order valence-corrected chi connectivity index (χ0v) is 24.0. The van der Waals surface area contributed by atoms with Gasteiger partial charge in [0.05, 0.1) is 23.4 Å². The quantitative estimate of drug-likeness (QED) is 0.448. The molecular weight excluding hydrogens is 573 g/mol. The number of carbonyl (C=O) groups is 1. The number of nitrogens with zero attached hydrogens (tertiary/aromatic N) is 4. The third-order valence-electron chi connectivity index (χ3n) is 6.99. The number of pyridine rings is 1. The molecule has 3 heterocycles. The van der Waals surface area contributed by atoms with Crippen molar-refractivity contribution in [3.8, 4) is 0 Å². The maximum absolute atomic E-state index is 14.3. The number of aryl methyl sites for hydroxylation is 1. The third-order valence-corrected chi connectivity index (χ3v) is 9.77. The van der Waals surface area contributed by atoms with E-state index in [9.17, 15) is 22.0 Å². The summed E-state index contributed by atoms with van der Waals surface area (Å²) in [5.41, 5.74) is 1.28. The normalized spacial score (nSPS) is 21.1. The summed E-state index contributed by atoms with van der Waals surface area (Å²) in [7, 11) is -4.22. The first-order valence-electron chi connectivity index (χ1n) is 12.8. The number of alkyl halides is 2. The Hall–Kier alpha value is -1.89. The second-order valence-electron chi connectivity index (χ2n) is 9.96. The van der Waals surface area contributed by atoms with E-state index in [1.807, 2.05) is 18.2 Å². The molecule has 13 heteroatoms. The van der Waals surface area contributed by atoms with E-state index < -0.39 is 41.4 Å². The van der Waals surface area contributed by atoms with E-state index in [4.69, 9.17) is 27.9 Å². The van der Waals surface area contributed by atoms with Crippen LogP contribution in [0.15, 0.2) is 41.4 Å². The van der Waals surface area contributed by atoms with Gasteiger partial charge in [0.1, 0.15) is 11.5 Å². The van der Waals surface area contributed by atoms with Gasteiger partial charge in [0, 0.05) is 63.3 Å². The van der Waals surface area contributed by atoms with Crippen LogP contribution in [0.1, 0.15) is 30.5 Å². The molecule has 1 amide bonds. The summed E-state index contributed by atoms with van der Waals surface area (Å²) < 4.78 is 62.3. The Labute approximate surface area is 237 Å². The Morgan fingerprint density at radius 3 is 2.67 bits per heavy atom. The molecule has 2 aliphatic heterocycles. The van der Waals surface area contributed by atoms with Gasteiger partial charge in [-0.25, -0.2) is 17.2 Å². The smallest absolute Gasteiger partial charge is 0.251 e. The minimum atomic E-state index is -4.22. The molecule has 0 spiro atoms. The van der Waals surface area contributed by atoms with Crippen LogP contribution in [0.5, 0.6) is 0 Å². The number of halogens is 4. The molecule has 0 radical (unpaired) electrons. The minimum absolute atomic E-state index is 0.0783. The number of aromatic nitrogens is 1. The molecule has 0 unspecified atom stereocenters. The maximum Gasteiger partial charge on any atom is 0.251 e. The number of rotatable bonds is 8. The molecule has 8 nitrogen and oxygen atoms in total. The van der Waals surface area contributed by atoms with Gasteiger partial charge in [-0.1, -0.05) is 29.3 Å². The van der Waals surface area contributed by atoms with Gasteiger partial charge < -0.3 is 9.64 Å². The maximum atomic E-state index is 14.3. The number of hydrogen-bond acceptors (Lipinski definition) is 6. The van der Waals surface area contributed by atoms with Gasteiger partial charge >= 0.3 is 0 Å². The summed E-state index contributed by atoms with van der Waals surface area (Å²) in [5.74, 6) is -3.31. The highest BCUT2D eigenvalue weighted by Gasteiger charge is 2.46. The monoisotopic (exact) mass is 604 g/mol. The summed E-state index contributed by atoms with van der Waals surface area (Å²) in [5, 5.41) is 0.193. The van der Waals surface area contributed by atoms with Crippen molar-refractivity contribution in [1.82, 2.24) is 19.1 Å². The van der Waals surface area contributed by atoms with Crippen molar-refractivity contribution < 1.29 is 26.7 Å². The number of benzene rings is 1. The van der Waals surface area contributed by atoms with Crippen molar-refractivity contribution in [3.05, 3.63) is 57.8 Å². The minimum Gasteiger partial charge on any atom is -0.370 e. The van der Waals surface area contributed by atoms with Crippen molar-refractivity contribution in [1.29, 1.82) is 0 Å². The average molecular weight is 606 g/mol. The molecule has 1 aromatic heterocycles. The Balaban J connectivity index is 1.37. The molecule has 2 fully saturated rings. The fourth-order valence-electron chi connectivity index (χ4n) is 5.07. The van der Waals surface area contributed by atoms with Gasteiger partial charge in [0.2, 0.25) is 15.9 Å². The molecule has 39 heavy (non-hydrogen) atoms. The lowest BCUT2D eigenvalue weighted by Crippen LogP contribution is -2.52. The van der Waals surface area contributed by atoms with Crippen LogP contribution in [0, 0.1) is 6.92 Å². The molecule has 0 saturated carbocycles. The Morgan fingerprint density at radius 1 is 1.15 bits per heavy atom. The van der Waals surface area contributed by atoms with E-state index in [1.54, 1.807) is 18.0 Å².